The van der Waals surface area contributed by atoms with Crippen LogP contribution in [-0.2, 0) is 0 Å². The summed E-state index contributed by atoms with van der Waals surface area (Å²) >= 11 is 0. The summed E-state index contributed by atoms with van der Waals surface area (Å²) in [5.74, 6) is 0. The van der Waals surface area contributed by atoms with E-state index in [9.17, 15) is 0 Å². The second-order valence-corrected chi connectivity index (χ2v) is 7.03. The Hall–Kier alpha value is -0.780. The molecule has 1 aliphatic carbocycles. The standard InChI is InChI=1S/C17H28.C5H12/c1-7-10-17(9-3)11-14(5)16(13(4)8-2)15(6)12-17;1-3-5-4-2/h4-5,7-12H2,1-3,6H3;3-5H2,1-2H3. The van der Waals surface area contributed by atoms with Gasteiger partial charge in [-0.2, -0.15) is 0 Å². The van der Waals surface area contributed by atoms with Crippen LogP contribution in [0.25, 0.3) is 0 Å². The molecule has 22 heavy (non-hydrogen) atoms. The van der Waals surface area contributed by atoms with Crippen LogP contribution >= 0.6 is 0 Å². The van der Waals surface area contributed by atoms with Gasteiger partial charge in [0.1, 0.15) is 0 Å². The second-order valence-electron chi connectivity index (χ2n) is 7.03. The van der Waals surface area contributed by atoms with Crippen molar-refractivity contribution in [1.82, 2.24) is 0 Å². The highest BCUT2D eigenvalue weighted by molar-refractivity contribution is 5.49. The predicted molar refractivity (Wildman–Crippen MR) is 103 cm³/mol. The van der Waals surface area contributed by atoms with Gasteiger partial charge in [0.2, 0.25) is 0 Å². The van der Waals surface area contributed by atoms with Gasteiger partial charge in [-0.05, 0) is 61.2 Å². The zero-order valence-corrected chi connectivity index (χ0v) is 16.3. The van der Waals surface area contributed by atoms with E-state index in [4.69, 9.17) is 0 Å². The fraction of sp³-hybridized carbons (Fsp3) is 0.727. The van der Waals surface area contributed by atoms with Gasteiger partial charge in [-0.3, -0.25) is 0 Å². The van der Waals surface area contributed by atoms with Crippen LogP contribution in [0.4, 0.5) is 0 Å². The summed E-state index contributed by atoms with van der Waals surface area (Å²) in [5, 5.41) is 0. The van der Waals surface area contributed by atoms with Gasteiger partial charge >= 0.3 is 0 Å². The summed E-state index contributed by atoms with van der Waals surface area (Å²) in [5.41, 5.74) is 5.99. The first-order valence-corrected chi connectivity index (χ1v) is 9.47. The predicted octanol–water partition coefficient (Wildman–Crippen LogP) is 8.01. The minimum Gasteiger partial charge on any atom is -0.0952 e. The van der Waals surface area contributed by atoms with Gasteiger partial charge in [0, 0.05) is 0 Å². The maximum absolute atomic E-state index is 4.32. The van der Waals surface area contributed by atoms with Crippen molar-refractivity contribution in [3.63, 3.8) is 0 Å². The van der Waals surface area contributed by atoms with Crippen LogP contribution in [0.15, 0.2) is 35.5 Å². The van der Waals surface area contributed by atoms with Crippen LogP contribution in [0.2, 0.25) is 0 Å². The highest BCUT2D eigenvalue weighted by Gasteiger charge is 2.33. The van der Waals surface area contributed by atoms with Crippen LogP contribution < -0.4 is 0 Å². The van der Waals surface area contributed by atoms with E-state index < -0.39 is 0 Å². The summed E-state index contributed by atoms with van der Waals surface area (Å²) in [4.78, 5) is 0. The van der Waals surface area contributed by atoms with Gasteiger partial charge in [-0.15, -0.1) is 0 Å². The van der Waals surface area contributed by atoms with Gasteiger partial charge in [-0.25, -0.2) is 0 Å². The zero-order chi connectivity index (χ0) is 17.2. The Bertz CT molecular complexity index is 381. The zero-order valence-electron chi connectivity index (χ0n) is 16.3. The van der Waals surface area contributed by atoms with E-state index in [1.807, 2.05) is 0 Å². The molecule has 0 heteroatoms. The first-order chi connectivity index (χ1) is 10.4. The first-order valence-electron chi connectivity index (χ1n) is 9.47. The third kappa shape index (κ3) is 6.15. The lowest BCUT2D eigenvalue weighted by molar-refractivity contribution is 0.235. The molecule has 128 valence electrons. The highest BCUT2D eigenvalue weighted by atomic mass is 14.4. The Balaban J connectivity index is 0.000000763. The summed E-state index contributed by atoms with van der Waals surface area (Å²) < 4.78 is 0. The molecule has 0 amide bonds. The summed E-state index contributed by atoms with van der Waals surface area (Å²) in [6.45, 7) is 22.0. The molecule has 0 aromatic rings. The molecule has 0 spiro atoms. The number of hydrogen-bond acceptors (Lipinski definition) is 0. The Kier molecular flexibility index (Phi) is 10.5. The molecule has 1 aliphatic rings. The molecule has 0 aliphatic heterocycles. The quantitative estimate of drug-likeness (QED) is 0.446. The molecule has 0 heterocycles. The maximum atomic E-state index is 4.32. The number of rotatable bonds is 7. The lowest BCUT2D eigenvalue weighted by Crippen LogP contribution is -2.26. The minimum absolute atomic E-state index is 0.480. The van der Waals surface area contributed by atoms with E-state index in [1.165, 1.54) is 73.7 Å². The van der Waals surface area contributed by atoms with Gasteiger partial charge < -0.3 is 0 Å². The Morgan fingerprint density at radius 1 is 1.00 bits per heavy atom. The Morgan fingerprint density at radius 2 is 1.59 bits per heavy atom. The average molecular weight is 305 g/mol. The summed E-state index contributed by atoms with van der Waals surface area (Å²) in [6, 6.07) is 0. The third-order valence-corrected chi connectivity index (χ3v) is 5.03. The number of hydrogen-bond donors (Lipinski definition) is 0. The van der Waals surface area contributed by atoms with E-state index in [1.54, 1.807) is 0 Å². The van der Waals surface area contributed by atoms with Crippen molar-refractivity contribution < 1.29 is 0 Å². The molecule has 0 aromatic carbocycles. The molecule has 0 aromatic heterocycles. The van der Waals surface area contributed by atoms with Crippen LogP contribution in [0.5, 0.6) is 0 Å². The summed E-state index contributed by atoms with van der Waals surface area (Å²) in [6.07, 6.45) is 11.4. The molecular weight excluding hydrogens is 264 g/mol. The van der Waals surface area contributed by atoms with Crippen LogP contribution in [0.3, 0.4) is 0 Å². The molecule has 0 N–H and O–H groups in total. The topological polar surface area (TPSA) is 0 Å². The number of allylic oxidation sites excluding steroid dienone is 4. The fourth-order valence-electron chi connectivity index (χ4n) is 3.77. The largest absolute Gasteiger partial charge is 0.0952 e. The molecule has 0 fully saturated rings. The van der Waals surface area contributed by atoms with E-state index >= 15 is 0 Å². The average Bonchev–Trinajstić information content (AvgIpc) is 2.48. The lowest BCUT2D eigenvalue weighted by atomic mass is 9.65. The normalized spacial score (nSPS) is 21.5. The first kappa shape index (κ1) is 21.2. The SMILES string of the molecule is C=C(CC)C1=C(C)CC(CC)(CCC)CC1=C.CCCCC. The van der Waals surface area contributed by atoms with E-state index in [2.05, 4.69) is 54.7 Å². The molecule has 0 nitrogen and oxygen atoms in total. The molecule has 0 bridgehead atoms. The smallest absolute Gasteiger partial charge is 0.0215 e. The van der Waals surface area contributed by atoms with Crippen LogP contribution in [0.1, 0.15) is 99.3 Å². The number of unbranched alkanes of at least 4 members (excludes halogenated alkanes) is 2. The highest BCUT2D eigenvalue weighted by Crippen LogP contribution is 2.48. The van der Waals surface area contributed by atoms with Gasteiger partial charge in [-0.1, -0.05) is 79.0 Å². The van der Waals surface area contributed by atoms with Crippen molar-refractivity contribution in [2.45, 2.75) is 99.3 Å². The van der Waals surface area contributed by atoms with Crippen molar-refractivity contribution in [2.75, 3.05) is 0 Å². The van der Waals surface area contributed by atoms with Crippen LogP contribution in [0, 0.1) is 5.41 Å². The molecule has 0 saturated carbocycles. The molecular formula is C22H40. The lowest BCUT2D eigenvalue weighted by Gasteiger charge is -2.40. The minimum atomic E-state index is 0.480. The maximum Gasteiger partial charge on any atom is -0.0215 e. The van der Waals surface area contributed by atoms with Crippen molar-refractivity contribution >= 4 is 0 Å². The van der Waals surface area contributed by atoms with E-state index in [0.717, 1.165) is 6.42 Å². The third-order valence-electron chi connectivity index (χ3n) is 5.03. The van der Waals surface area contributed by atoms with E-state index in [0.29, 0.717) is 5.41 Å². The molecule has 1 unspecified atom stereocenters. The van der Waals surface area contributed by atoms with Crippen molar-refractivity contribution in [2.24, 2.45) is 5.41 Å². The van der Waals surface area contributed by atoms with Gasteiger partial charge in [0.25, 0.3) is 0 Å². The second kappa shape index (κ2) is 10.9. The molecule has 0 saturated heterocycles. The van der Waals surface area contributed by atoms with Crippen molar-refractivity contribution in [1.29, 1.82) is 0 Å². The van der Waals surface area contributed by atoms with Gasteiger partial charge in [0.05, 0.1) is 0 Å². The Morgan fingerprint density at radius 3 is 1.91 bits per heavy atom. The monoisotopic (exact) mass is 304 g/mol. The Labute approximate surface area is 140 Å². The fourth-order valence-corrected chi connectivity index (χ4v) is 3.77. The van der Waals surface area contributed by atoms with Crippen LogP contribution in [-0.4, -0.2) is 0 Å². The van der Waals surface area contributed by atoms with Crippen molar-refractivity contribution in [3.05, 3.63) is 35.5 Å². The molecule has 1 atom stereocenters. The van der Waals surface area contributed by atoms with Crippen molar-refractivity contribution in [3.8, 4) is 0 Å². The molecule has 0 radical (unpaired) electrons. The molecule has 1 rings (SSSR count). The van der Waals surface area contributed by atoms with E-state index in [-0.39, 0.29) is 0 Å². The summed E-state index contributed by atoms with van der Waals surface area (Å²) in [7, 11) is 0. The van der Waals surface area contributed by atoms with Gasteiger partial charge in [0.15, 0.2) is 0 Å².